The fraction of sp³-hybridized carbons (Fsp3) is 0.263. The Hall–Kier alpha value is -2.33. The van der Waals surface area contributed by atoms with Crippen molar-refractivity contribution in [3.63, 3.8) is 0 Å². The number of amides is 1. The van der Waals surface area contributed by atoms with E-state index in [2.05, 4.69) is 0 Å². The summed E-state index contributed by atoms with van der Waals surface area (Å²) in [5.74, 6) is -0.976. The maximum absolute atomic E-state index is 12.5. The van der Waals surface area contributed by atoms with E-state index in [0.29, 0.717) is 5.56 Å². The van der Waals surface area contributed by atoms with Crippen LogP contribution in [-0.4, -0.2) is 29.3 Å². The lowest BCUT2D eigenvalue weighted by Gasteiger charge is -2.30. The maximum Gasteiger partial charge on any atom is 0.333 e. The monoisotopic (exact) mass is 345 g/mol. The Morgan fingerprint density at radius 1 is 1.04 bits per heavy atom. The summed E-state index contributed by atoms with van der Waals surface area (Å²) < 4.78 is 5.20. The molecule has 0 aliphatic carbocycles. The van der Waals surface area contributed by atoms with E-state index in [9.17, 15) is 9.59 Å². The second-order valence-electron chi connectivity index (χ2n) is 5.21. The molecule has 0 bridgehead atoms. The Bertz CT molecular complexity index is 661. The summed E-state index contributed by atoms with van der Waals surface area (Å²) in [6.45, 7) is 2.27. The molecule has 0 aliphatic rings. The van der Waals surface area contributed by atoms with Crippen molar-refractivity contribution >= 4 is 23.5 Å². The number of esters is 1. The minimum atomic E-state index is -0.822. The molecule has 0 radical (unpaired) electrons. The van der Waals surface area contributed by atoms with Crippen molar-refractivity contribution in [2.45, 2.75) is 19.5 Å². The fourth-order valence-corrected chi connectivity index (χ4v) is 2.63. The Morgan fingerprint density at radius 3 is 2.17 bits per heavy atom. The van der Waals surface area contributed by atoms with Gasteiger partial charge in [0.2, 0.25) is 5.91 Å². The van der Waals surface area contributed by atoms with Gasteiger partial charge in [0.15, 0.2) is 6.04 Å². The summed E-state index contributed by atoms with van der Waals surface area (Å²) in [5, 5.41) is 0. The van der Waals surface area contributed by atoms with Gasteiger partial charge >= 0.3 is 5.97 Å². The first-order valence-corrected chi connectivity index (χ1v) is 8.31. The van der Waals surface area contributed by atoms with Crippen molar-refractivity contribution < 1.29 is 14.3 Å². The molecule has 1 atom stereocenters. The summed E-state index contributed by atoms with van der Waals surface area (Å²) in [4.78, 5) is 26.4. The molecule has 2 aromatic carbocycles. The molecule has 0 N–H and O–H groups in total. The molecule has 0 fully saturated rings. The minimum Gasteiger partial charge on any atom is -0.464 e. The number of rotatable bonds is 7. The van der Waals surface area contributed by atoms with Crippen LogP contribution in [0.3, 0.4) is 0 Å². The Kier molecular flexibility index (Phi) is 6.82. The molecule has 1 amide bonds. The normalized spacial score (nSPS) is 11.6. The largest absolute Gasteiger partial charge is 0.464 e. The van der Waals surface area contributed by atoms with E-state index in [1.54, 1.807) is 19.1 Å². The maximum atomic E-state index is 12.5. The van der Waals surface area contributed by atoms with Gasteiger partial charge < -0.3 is 9.64 Å². The molecule has 2 aromatic rings. The predicted molar refractivity (Wildman–Crippen MR) is 93.5 cm³/mol. The van der Waals surface area contributed by atoms with Gasteiger partial charge in [-0.05, 0) is 18.1 Å². The van der Waals surface area contributed by atoms with E-state index < -0.39 is 12.0 Å². The highest BCUT2D eigenvalue weighted by Gasteiger charge is 2.32. The molecule has 0 spiro atoms. The van der Waals surface area contributed by atoms with Gasteiger partial charge in [-0.15, -0.1) is 11.6 Å². The molecule has 0 aliphatic heterocycles. The molecule has 0 saturated carbocycles. The standard InChI is InChI=1S/C19H20ClNO3/c1-2-24-19(23)18(16-11-7-4-8-12-16)21(17(22)13-20)14-15-9-5-3-6-10-15/h3-12,18H,2,13-14H2,1H3. The first-order chi connectivity index (χ1) is 11.7. The number of carbonyl (C=O) groups excluding carboxylic acids is 2. The summed E-state index contributed by atoms with van der Waals surface area (Å²) in [5.41, 5.74) is 1.62. The van der Waals surface area contributed by atoms with Gasteiger partial charge in [-0.25, -0.2) is 4.79 Å². The Labute approximate surface area is 147 Å². The smallest absolute Gasteiger partial charge is 0.333 e. The molecule has 24 heavy (non-hydrogen) atoms. The summed E-state index contributed by atoms with van der Waals surface area (Å²) in [6, 6.07) is 17.8. The van der Waals surface area contributed by atoms with Gasteiger partial charge in [0.05, 0.1) is 6.61 Å². The summed E-state index contributed by atoms with van der Waals surface area (Å²) in [7, 11) is 0. The molecule has 0 saturated heterocycles. The first kappa shape index (κ1) is 18.0. The van der Waals surface area contributed by atoms with Crippen molar-refractivity contribution in [2.24, 2.45) is 0 Å². The number of ether oxygens (including phenoxy) is 1. The molecule has 2 rings (SSSR count). The third kappa shape index (κ3) is 4.59. The topological polar surface area (TPSA) is 46.6 Å². The van der Waals surface area contributed by atoms with Crippen LogP contribution in [0.15, 0.2) is 60.7 Å². The molecular weight excluding hydrogens is 326 g/mol. The Morgan fingerprint density at radius 2 is 1.62 bits per heavy atom. The lowest BCUT2D eigenvalue weighted by atomic mass is 10.0. The molecule has 126 valence electrons. The second-order valence-corrected chi connectivity index (χ2v) is 5.47. The highest BCUT2D eigenvalue weighted by molar-refractivity contribution is 6.27. The van der Waals surface area contributed by atoms with Crippen molar-refractivity contribution in [3.8, 4) is 0 Å². The van der Waals surface area contributed by atoms with Crippen molar-refractivity contribution in [1.29, 1.82) is 0 Å². The van der Waals surface area contributed by atoms with E-state index in [1.807, 2.05) is 48.5 Å². The number of carbonyl (C=O) groups is 2. The number of benzene rings is 2. The van der Waals surface area contributed by atoms with E-state index in [0.717, 1.165) is 5.56 Å². The highest BCUT2D eigenvalue weighted by Crippen LogP contribution is 2.25. The van der Waals surface area contributed by atoms with Crippen LogP contribution in [0.25, 0.3) is 0 Å². The highest BCUT2D eigenvalue weighted by atomic mass is 35.5. The zero-order valence-corrected chi connectivity index (χ0v) is 14.3. The molecule has 1 unspecified atom stereocenters. The van der Waals surface area contributed by atoms with Crippen molar-refractivity contribution in [2.75, 3.05) is 12.5 Å². The second kappa shape index (κ2) is 9.08. The molecule has 0 aromatic heterocycles. The number of hydrogen-bond acceptors (Lipinski definition) is 3. The lowest BCUT2D eigenvalue weighted by Crippen LogP contribution is -2.40. The predicted octanol–water partition coefficient (Wildman–Crippen LogP) is 3.56. The molecule has 5 heteroatoms. The minimum absolute atomic E-state index is 0.199. The zero-order valence-electron chi connectivity index (χ0n) is 13.5. The number of hydrogen-bond donors (Lipinski definition) is 0. The van der Waals surface area contributed by atoms with E-state index in [4.69, 9.17) is 16.3 Å². The van der Waals surface area contributed by atoms with E-state index in [-0.39, 0.29) is 24.9 Å². The summed E-state index contributed by atoms with van der Waals surface area (Å²) in [6.07, 6.45) is 0. The average Bonchev–Trinajstić information content (AvgIpc) is 2.62. The molecular formula is C19H20ClNO3. The van der Waals surface area contributed by atoms with Crippen LogP contribution in [0.1, 0.15) is 24.1 Å². The SMILES string of the molecule is CCOC(=O)C(c1ccccc1)N(Cc1ccccc1)C(=O)CCl. The zero-order chi connectivity index (χ0) is 17.4. The van der Waals surface area contributed by atoms with E-state index >= 15 is 0 Å². The fourth-order valence-electron chi connectivity index (χ4n) is 2.48. The van der Waals surface area contributed by atoms with Gasteiger partial charge in [-0.1, -0.05) is 60.7 Å². The third-order valence-electron chi connectivity index (χ3n) is 3.57. The lowest BCUT2D eigenvalue weighted by molar-refractivity contribution is -0.155. The van der Waals surface area contributed by atoms with Crippen LogP contribution in [0, 0.1) is 0 Å². The quantitative estimate of drug-likeness (QED) is 0.569. The molecule has 0 heterocycles. The van der Waals surface area contributed by atoms with Crippen LogP contribution in [0.4, 0.5) is 0 Å². The number of halogens is 1. The van der Waals surface area contributed by atoms with E-state index in [1.165, 1.54) is 4.90 Å². The Balaban J connectivity index is 2.40. The van der Waals surface area contributed by atoms with Gasteiger partial charge in [-0.3, -0.25) is 4.79 Å². The number of alkyl halides is 1. The van der Waals surface area contributed by atoms with Crippen LogP contribution in [0.2, 0.25) is 0 Å². The van der Waals surface area contributed by atoms with Crippen LogP contribution < -0.4 is 0 Å². The third-order valence-corrected chi connectivity index (χ3v) is 3.80. The van der Waals surface area contributed by atoms with Gasteiger partial charge in [0.25, 0.3) is 0 Å². The van der Waals surface area contributed by atoms with Crippen molar-refractivity contribution in [1.82, 2.24) is 4.90 Å². The van der Waals surface area contributed by atoms with Crippen LogP contribution >= 0.6 is 11.6 Å². The van der Waals surface area contributed by atoms with Gasteiger partial charge in [0.1, 0.15) is 5.88 Å². The summed E-state index contributed by atoms with van der Waals surface area (Å²) >= 11 is 5.78. The average molecular weight is 346 g/mol. The number of nitrogens with zero attached hydrogens (tertiary/aromatic N) is 1. The molecule has 4 nitrogen and oxygen atoms in total. The van der Waals surface area contributed by atoms with Crippen LogP contribution in [0.5, 0.6) is 0 Å². The first-order valence-electron chi connectivity index (χ1n) is 7.78. The van der Waals surface area contributed by atoms with Crippen molar-refractivity contribution in [3.05, 3.63) is 71.8 Å². The van der Waals surface area contributed by atoms with Gasteiger partial charge in [-0.2, -0.15) is 0 Å². The van der Waals surface area contributed by atoms with Gasteiger partial charge in [0, 0.05) is 6.54 Å². The van der Waals surface area contributed by atoms with Crippen LogP contribution in [-0.2, 0) is 20.9 Å².